The van der Waals surface area contributed by atoms with Gasteiger partial charge in [-0.15, -0.1) is 0 Å². The van der Waals surface area contributed by atoms with Crippen LogP contribution in [-0.2, 0) is 0 Å². The van der Waals surface area contributed by atoms with Gasteiger partial charge in [-0.3, -0.25) is 0 Å². The van der Waals surface area contributed by atoms with Crippen molar-refractivity contribution in [2.45, 2.75) is 32.6 Å². The summed E-state index contributed by atoms with van der Waals surface area (Å²) in [4.78, 5) is 12.4. The molecule has 0 aliphatic heterocycles. The van der Waals surface area contributed by atoms with Crippen LogP contribution >= 0.6 is 0 Å². The van der Waals surface area contributed by atoms with Crippen LogP contribution in [0, 0.1) is 0 Å². The molecule has 0 aliphatic rings. The molecule has 0 atom stereocenters. The smallest absolute Gasteiger partial charge is 0.178 e. The number of benzene rings is 1. The fourth-order valence-corrected chi connectivity index (χ4v) is 2.57. The normalized spacial score (nSPS) is 12.0. The largest absolute Gasteiger partial charge is 0.337 e. The number of nitrogens with one attached hydrogen (secondary N) is 1. The third-order valence-electron chi connectivity index (χ3n) is 3.75. The van der Waals surface area contributed by atoms with Crippen LogP contribution in [0.15, 0.2) is 48.7 Å². The first-order valence-electron chi connectivity index (χ1n) is 7.93. The van der Waals surface area contributed by atoms with Gasteiger partial charge in [-0.1, -0.05) is 50.1 Å². The van der Waals surface area contributed by atoms with Crippen molar-refractivity contribution in [1.82, 2.24) is 15.0 Å². The molecule has 0 saturated heterocycles. The summed E-state index contributed by atoms with van der Waals surface area (Å²) in [5.74, 6) is 0.939. The molecule has 0 radical (unpaired) electrons. The second-order valence-electron chi connectivity index (χ2n) is 5.50. The molecule has 0 spiro atoms. The number of hydrogen-bond donors (Lipinski definition) is 1. The molecule has 3 rings (SSSR count). The molecular formula is C19H21N3. The summed E-state index contributed by atoms with van der Waals surface area (Å²) in [6, 6.07) is 14.4. The second kappa shape index (κ2) is 7.03. The average molecular weight is 291 g/mol. The predicted octanol–water partition coefficient (Wildman–Crippen LogP) is 5.08. The van der Waals surface area contributed by atoms with Crippen LogP contribution in [0.5, 0.6) is 0 Å². The molecule has 3 heteroatoms. The molecule has 1 aromatic carbocycles. The summed E-state index contributed by atoms with van der Waals surface area (Å²) in [5, 5.41) is 0. The number of unbranched alkanes of at least 4 members (excludes halogenated alkanes) is 2. The van der Waals surface area contributed by atoms with Gasteiger partial charge in [0.1, 0.15) is 5.82 Å². The van der Waals surface area contributed by atoms with Crippen LogP contribution in [0.25, 0.3) is 22.8 Å². The van der Waals surface area contributed by atoms with Gasteiger partial charge in [-0.2, -0.15) is 0 Å². The first-order chi connectivity index (χ1) is 10.9. The Morgan fingerprint density at radius 1 is 1.09 bits per heavy atom. The van der Waals surface area contributed by atoms with E-state index in [2.05, 4.69) is 52.2 Å². The van der Waals surface area contributed by atoms with Crippen LogP contribution < -0.4 is 0 Å². The van der Waals surface area contributed by atoms with Gasteiger partial charge in [0, 0.05) is 6.20 Å². The monoisotopic (exact) mass is 291 g/mol. The molecule has 0 amide bonds. The van der Waals surface area contributed by atoms with E-state index >= 15 is 0 Å². The van der Waals surface area contributed by atoms with Gasteiger partial charge in [0.05, 0.1) is 5.52 Å². The first kappa shape index (κ1) is 14.5. The number of imidazole rings is 1. The first-order valence-corrected chi connectivity index (χ1v) is 7.93. The molecule has 2 aromatic heterocycles. The molecule has 0 saturated carbocycles. The van der Waals surface area contributed by atoms with Crippen LogP contribution in [-0.4, -0.2) is 15.0 Å². The zero-order chi connectivity index (χ0) is 15.2. The Morgan fingerprint density at radius 3 is 2.73 bits per heavy atom. The lowest BCUT2D eigenvalue weighted by molar-refractivity contribution is 0.734. The standard InChI is InChI=1S/C19H21N3/c1-2-3-5-11-16(14-15-9-6-4-7-10-15)18-21-17-12-8-13-20-19(17)22-18/h4,6-10,12-14H,2-3,5,11H2,1H3,(H,20,21,22). The summed E-state index contributed by atoms with van der Waals surface area (Å²) in [5.41, 5.74) is 4.24. The maximum atomic E-state index is 4.65. The number of allylic oxidation sites excluding steroid dienone is 1. The Morgan fingerprint density at radius 2 is 1.95 bits per heavy atom. The maximum absolute atomic E-state index is 4.65. The van der Waals surface area contributed by atoms with Crippen LogP contribution in [0.3, 0.4) is 0 Å². The summed E-state index contributed by atoms with van der Waals surface area (Å²) < 4.78 is 0. The summed E-state index contributed by atoms with van der Waals surface area (Å²) >= 11 is 0. The zero-order valence-corrected chi connectivity index (χ0v) is 12.9. The van der Waals surface area contributed by atoms with Crippen molar-refractivity contribution >= 4 is 22.8 Å². The minimum Gasteiger partial charge on any atom is -0.337 e. The van der Waals surface area contributed by atoms with Crippen molar-refractivity contribution in [3.05, 3.63) is 60.0 Å². The second-order valence-corrected chi connectivity index (χ2v) is 5.50. The average Bonchev–Trinajstić information content (AvgIpc) is 2.99. The highest BCUT2D eigenvalue weighted by Gasteiger charge is 2.08. The van der Waals surface area contributed by atoms with E-state index in [0.717, 1.165) is 23.4 Å². The van der Waals surface area contributed by atoms with Gasteiger partial charge >= 0.3 is 0 Å². The number of hydrogen-bond acceptors (Lipinski definition) is 2. The van der Waals surface area contributed by atoms with E-state index in [4.69, 9.17) is 0 Å². The highest BCUT2D eigenvalue weighted by Crippen LogP contribution is 2.23. The number of nitrogens with zero attached hydrogens (tertiary/aromatic N) is 2. The zero-order valence-electron chi connectivity index (χ0n) is 12.9. The fourth-order valence-electron chi connectivity index (χ4n) is 2.57. The third kappa shape index (κ3) is 3.42. The van der Waals surface area contributed by atoms with Crippen molar-refractivity contribution in [3.8, 4) is 0 Å². The number of rotatable bonds is 6. The van der Waals surface area contributed by atoms with Crippen molar-refractivity contribution in [3.63, 3.8) is 0 Å². The summed E-state index contributed by atoms with van der Waals surface area (Å²) in [6.45, 7) is 2.23. The lowest BCUT2D eigenvalue weighted by Gasteiger charge is -2.05. The molecule has 0 fully saturated rings. The Kier molecular flexibility index (Phi) is 4.64. The van der Waals surface area contributed by atoms with E-state index < -0.39 is 0 Å². The number of pyridine rings is 1. The van der Waals surface area contributed by atoms with E-state index in [1.165, 1.54) is 30.4 Å². The number of aromatic amines is 1. The molecule has 0 bridgehead atoms. The Bertz CT molecular complexity index is 723. The van der Waals surface area contributed by atoms with Gasteiger partial charge in [0.2, 0.25) is 0 Å². The highest BCUT2D eigenvalue weighted by molar-refractivity contribution is 5.82. The molecular weight excluding hydrogens is 270 g/mol. The SMILES string of the molecule is CCCCCC(=Cc1ccccc1)c1nc2ncccc2[nH]1. The van der Waals surface area contributed by atoms with Gasteiger partial charge in [0.15, 0.2) is 5.65 Å². The van der Waals surface area contributed by atoms with Crippen molar-refractivity contribution in [2.75, 3.05) is 0 Å². The molecule has 22 heavy (non-hydrogen) atoms. The molecule has 0 unspecified atom stereocenters. The number of H-pyrrole nitrogens is 1. The number of aromatic nitrogens is 3. The molecule has 0 aliphatic carbocycles. The summed E-state index contributed by atoms with van der Waals surface area (Å²) in [6.07, 6.45) is 8.69. The van der Waals surface area contributed by atoms with Gasteiger partial charge in [-0.05, 0) is 42.2 Å². The molecule has 2 heterocycles. The van der Waals surface area contributed by atoms with Crippen LogP contribution in [0.1, 0.15) is 44.0 Å². The van der Waals surface area contributed by atoms with Crippen molar-refractivity contribution in [1.29, 1.82) is 0 Å². The van der Waals surface area contributed by atoms with E-state index in [1.54, 1.807) is 6.20 Å². The van der Waals surface area contributed by atoms with Gasteiger partial charge in [-0.25, -0.2) is 9.97 Å². The fraction of sp³-hybridized carbons (Fsp3) is 0.263. The lowest BCUT2D eigenvalue weighted by atomic mass is 10.0. The predicted molar refractivity (Wildman–Crippen MR) is 92.3 cm³/mol. The Labute approximate surface area is 131 Å². The van der Waals surface area contributed by atoms with E-state index in [0.29, 0.717) is 0 Å². The highest BCUT2D eigenvalue weighted by atomic mass is 15.0. The number of fused-ring (bicyclic) bond motifs is 1. The minimum atomic E-state index is 0.784. The molecule has 112 valence electrons. The van der Waals surface area contributed by atoms with Crippen LogP contribution in [0.2, 0.25) is 0 Å². The van der Waals surface area contributed by atoms with Crippen molar-refractivity contribution in [2.24, 2.45) is 0 Å². The van der Waals surface area contributed by atoms with Crippen LogP contribution in [0.4, 0.5) is 0 Å². The molecule has 3 aromatic rings. The topological polar surface area (TPSA) is 41.6 Å². The van der Waals surface area contributed by atoms with Crippen molar-refractivity contribution < 1.29 is 0 Å². The van der Waals surface area contributed by atoms with E-state index in [9.17, 15) is 0 Å². The Balaban J connectivity index is 1.95. The van der Waals surface area contributed by atoms with E-state index in [-0.39, 0.29) is 0 Å². The van der Waals surface area contributed by atoms with Gasteiger partial charge in [0.25, 0.3) is 0 Å². The third-order valence-corrected chi connectivity index (χ3v) is 3.75. The quantitative estimate of drug-likeness (QED) is 0.643. The molecule has 1 N–H and O–H groups in total. The Hall–Kier alpha value is -2.42. The molecule has 3 nitrogen and oxygen atoms in total. The van der Waals surface area contributed by atoms with E-state index in [1.807, 2.05) is 18.2 Å². The lowest BCUT2D eigenvalue weighted by Crippen LogP contribution is -1.89. The minimum absolute atomic E-state index is 0.784. The summed E-state index contributed by atoms with van der Waals surface area (Å²) in [7, 11) is 0. The van der Waals surface area contributed by atoms with Gasteiger partial charge < -0.3 is 4.98 Å². The maximum Gasteiger partial charge on any atom is 0.178 e.